The number of carbonyl (C=O) groups excluding carboxylic acids is 1. The van der Waals surface area contributed by atoms with Gasteiger partial charge in [-0.2, -0.15) is 18.3 Å². The average Bonchev–Trinajstić information content (AvgIpc) is 3.08. The number of halogens is 4. The van der Waals surface area contributed by atoms with Gasteiger partial charge in [0.2, 0.25) is 5.91 Å². The summed E-state index contributed by atoms with van der Waals surface area (Å²) in [5.41, 5.74) is -0.252. The molecule has 0 saturated carbocycles. The average molecular weight is 384 g/mol. The Bertz CT molecular complexity index is 687. The molecule has 0 aliphatic rings. The second kappa shape index (κ2) is 7.95. The summed E-state index contributed by atoms with van der Waals surface area (Å²) in [6.07, 6.45) is -1.20. The number of rotatable bonds is 5. The van der Waals surface area contributed by atoms with Crippen molar-refractivity contribution in [3.63, 3.8) is 0 Å². The number of likely N-dealkylation sites (N-methyl/N-ethyl adjacent to an activating group) is 2. The molecule has 1 unspecified atom stereocenters. The summed E-state index contributed by atoms with van der Waals surface area (Å²) < 4.78 is 39.2. The summed E-state index contributed by atoms with van der Waals surface area (Å²) in [4.78, 5) is 17.3. The summed E-state index contributed by atoms with van der Waals surface area (Å²) in [6.45, 7) is 0.0119. The third-order valence-corrected chi connectivity index (χ3v) is 4.02. The maximum atomic E-state index is 12.5. The second-order valence-electron chi connectivity index (χ2n) is 4.99. The quantitative estimate of drug-likeness (QED) is 0.860. The van der Waals surface area contributed by atoms with Crippen LogP contribution in [0.15, 0.2) is 17.8 Å². The van der Waals surface area contributed by atoms with Gasteiger partial charge < -0.3 is 10.2 Å². The van der Waals surface area contributed by atoms with Crippen molar-refractivity contribution < 1.29 is 18.0 Å². The molecular formula is C13H17ClF3N5OS. The van der Waals surface area contributed by atoms with Gasteiger partial charge in [-0.1, -0.05) is 0 Å². The first-order valence-corrected chi connectivity index (χ1v) is 7.52. The van der Waals surface area contributed by atoms with Crippen LogP contribution in [0.5, 0.6) is 0 Å². The molecule has 1 atom stereocenters. The number of hydrogen-bond donors (Lipinski definition) is 1. The highest BCUT2D eigenvalue weighted by atomic mass is 35.5. The van der Waals surface area contributed by atoms with E-state index in [9.17, 15) is 18.0 Å². The third-order valence-electron chi connectivity index (χ3n) is 3.18. The molecule has 134 valence electrons. The zero-order chi connectivity index (χ0) is 17.2. The van der Waals surface area contributed by atoms with Gasteiger partial charge in [0.25, 0.3) is 0 Å². The maximum absolute atomic E-state index is 12.5. The molecule has 11 heteroatoms. The van der Waals surface area contributed by atoms with Gasteiger partial charge in [-0.3, -0.25) is 9.48 Å². The standard InChI is InChI=1S/C13H16F3N5OS.ClH/c1-17-11(8-4-18-21(3)5-8)12(22)20(2)6-10-19-9(7-23-10)13(14,15)16;/h4-5,7,11,17H,6H2,1-3H3;1H. The lowest BCUT2D eigenvalue weighted by molar-refractivity contribution is -0.140. The molecule has 0 aromatic carbocycles. The van der Waals surface area contributed by atoms with Gasteiger partial charge in [0.15, 0.2) is 5.69 Å². The summed E-state index contributed by atoms with van der Waals surface area (Å²) >= 11 is 0.880. The molecule has 6 nitrogen and oxygen atoms in total. The molecule has 2 aromatic heterocycles. The number of nitrogens with one attached hydrogen (secondary N) is 1. The molecule has 1 N–H and O–H groups in total. The first-order valence-electron chi connectivity index (χ1n) is 6.64. The van der Waals surface area contributed by atoms with Crippen molar-refractivity contribution in [1.29, 1.82) is 0 Å². The molecule has 2 aromatic rings. The number of carbonyl (C=O) groups is 1. The van der Waals surface area contributed by atoms with E-state index in [0.717, 1.165) is 16.7 Å². The van der Waals surface area contributed by atoms with Crippen LogP contribution in [-0.2, 0) is 24.6 Å². The Balaban J connectivity index is 0.00000288. The van der Waals surface area contributed by atoms with Crippen LogP contribution < -0.4 is 5.32 Å². The molecule has 2 rings (SSSR count). The van der Waals surface area contributed by atoms with Crippen molar-refractivity contribution in [2.75, 3.05) is 14.1 Å². The van der Waals surface area contributed by atoms with Crippen LogP contribution in [0.25, 0.3) is 0 Å². The Morgan fingerprint density at radius 3 is 2.62 bits per heavy atom. The van der Waals surface area contributed by atoms with E-state index < -0.39 is 17.9 Å². The van der Waals surface area contributed by atoms with Crippen LogP contribution in [0.2, 0.25) is 0 Å². The van der Waals surface area contributed by atoms with Gasteiger partial charge in [0, 0.05) is 31.2 Å². The fourth-order valence-corrected chi connectivity index (χ4v) is 2.89. The van der Waals surface area contributed by atoms with Gasteiger partial charge in [-0.05, 0) is 7.05 Å². The predicted molar refractivity (Wildman–Crippen MR) is 85.8 cm³/mol. The van der Waals surface area contributed by atoms with Gasteiger partial charge in [-0.25, -0.2) is 4.98 Å². The Labute approximate surface area is 147 Å². The number of aryl methyl sites for hydroxylation is 1. The van der Waals surface area contributed by atoms with Crippen LogP contribution in [-0.4, -0.2) is 39.7 Å². The van der Waals surface area contributed by atoms with Gasteiger partial charge in [-0.15, -0.1) is 23.7 Å². The largest absolute Gasteiger partial charge is 0.434 e. The van der Waals surface area contributed by atoms with Crippen molar-refractivity contribution in [3.8, 4) is 0 Å². The molecule has 24 heavy (non-hydrogen) atoms. The summed E-state index contributed by atoms with van der Waals surface area (Å²) in [6, 6.07) is -0.615. The molecule has 0 saturated heterocycles. The zero-order valence-electron chi connectivity index (χ0n) is 13.2. The molecular weight excluding hydrogens is 367 g/mol. The second-order valence-corrected chi connectivity index (χ2v) is 5.93. The molecule has 0 spiro atoms. The maximum Gasteiger partial charge on any atom is 0.434 e. The fourth-order valence-electron chi connectivity index (χ4n) is 2.04. The van der Waals surface area contributed by atoms with Crippen molar-refractivity contribution >= 4 is 29.7 Å². The molecule has 2 heterocycles. The summed E-state index contributed by atoms with van der Waals surface area (Å²) in [5, 5.41) is 8.08. The minimum atomic E-state index is -4.47. The number of amides is 1. The van der Waals surface area contributed by atoms with Gasteiger partial charge >= 0.3 is 6.18 Å². The molecule has 0 fully saturated rings. The minimum Gasteiger partial charge on any atom is -0.337 e. The minimum absolute atomic E-state index is 0. The first kappa shape index (κ1) is 20.4. The SMILES string of the molecule is CNC(C(=O)N(C)Cc1nc(C(F)(F)F)cs1)c1cnn(C)c1.Cl. The molecule has 0 aliphatic heterocycles. The fraction of sp³-hybridized carbons (Fsp3) is 0.462. The Hall–Kier alpha value is -1.65. The van der Waals surface area contributed by atoms with E-state index in [4.69, 9.17) is 0 Å². The van der Waals surface area contributed by atoms with E-state index in [1.807, 2.05) is 0 Å². The van der Waals surface area contributed by atoms with Crippen LogP contribution in [0.4, 0.5) is 13.2 Å². The number of nitrogens with zero attached hydrogens (tertiary/aromatic N) is 4. The Morgan fingerprint density at radius 2 is 2.17 bits per heavy atom. The highest BCUT2D eigenvalue weighted by Crippen LogP contribution is 2.30. The predicted octanol–water partition coefficient (Wildman–Crippen LogP) is 2.24. The van der Waals surface area contributed by atoms with Crippen molar-refractivity contribution in [1.82, 2.24) is 25.0 Å². The van der Waals surface area contributed by atoms with E-state index in [2.05, 4.69) is 15.4 Å². The van der Waals surface area contributed by atoms with Crippen molar-refractivity contribution in [2.45, 2.75) is 18.8 Å². The highest BCUT2D eigenvalue weighted by molar-refractivity contribution is 7.09. The van der Waals surface area contributed by atoms with Crippen LogP contribution >= 0.6 is 23.7 Å². The van der Waals surface area contributed by atoms with E-state index in [1.54, 1.807) is 31.2 Å². The van der Waals surface area contributed by atoms with E-state index in [1.165, 1.54) is 11.9 Å². The molecule has 0 radical (unpaired) electrons. The van der Waals surface area contributed by atoms with Crippen molar-refractivity contribution in [2.24, 2.45) is 7.05 Å². The Morgan fingerprint density at radius 1 is 1.50 bits per heavy atom. The van der Waals surface area contributed by atoms with E-state index in [-0.39, 0.29) is 29.9 Å². The van der Waals surface area contributed by atoms with Gasteiger partial charge in [0.1, 0.15) is 11.0 Å². The number of hydrogen-bond acceptors (Lipinski definition) is 5. The smallest absolute Gasteiger partial charge is 0.337 e. The Kier molecular flexibility index (Phi) is 6.76. The lowest BCUT2D eigenvalue weighted by Gasteiger charge is -2.22. The van der Waals surface area contributed by atoms with Gasteiger partial charge in [0.05, 0.1) is 12.7 Å². The van der Waals surface area contributed by atoms with Crippen molar-refractivity contribution in [3.05, 3.63) is 34.0 Å². The summed E-state index contributed by atoms with van der Waals surface area (Å²) in [7, 11) is 4.89. The van der Waals surface area contributed by atoms with Crippen LogP contribution in [0, 0.1) is 0 Å². The molecule has 0 aliphatic carbocycles. The monoisotopic (exact) mass is 383 g/mol. The first-order chi connectivity index (χ1) is 10.7. The number of aromatic nitrogens is 3. The molecule has 0 bridgehead atoms. The lowest BCUT2D eigenvalue weighted by atomic mass is 10.1. The molecule has 1 amide bonds. The highest BCUT2D eigenvalue weighted by Gasteiger charge is 2.34. The zero-order valence-corrected chi connectivity index (χ0v) is 14.8. The summed E-state index contributed by atoms with van der Waals surface area (Å²) in [5.74, 6) is -0.274. The third kappa shape index (κ3) is 4.68. The normalized spacial score (nSPS) is 12.6. The topological polar surface area (TPSA) is 63.1 Å². The number of thiazole rings is 1. The van der Waals surface area contributed by atoms with Crippen LogP contribution in [0.1, 0.15) is 22.3 Å². The van der Waals surface area contributed by atoms with Crippen LogP contribution in [0.3, 0.4) is 0 Å². The number of alkyl halides is 3. The van der Waals surface area contributed by atoms with E-state index in [0.29, 0.717) is 5.56 Å². The lowest BCUT2D eigenvalue weighted by Crippen LogP contribution is -2.37. The van der Waals surface area contributed by atoms with E-state index >= 15 is 0 Å².